The Bertz CT molecular complexity index is 1770. The van der Waals surface area contributed by atoms with Gasteiger partial charge in [-0.3, -0.25) is 9.59 Å². The summed E-state index contributed by atoms with van der Waals surface area (Å²) in [6.07, 6.45) is 6.09. The smallest absolute Gasteiger partial charge is 0.408 e. The van der Waals surface area contributed by atoms with E-state index >= 15 is 0 Å². The molecule has 1 saturated carbocycles. The third kappa shape index (κ3) is 9.61. The second kappa shape index (κ2) is 17.8. The van der Waals surface area contributed by atoms with E-state index in [4.69, 9.17) is 9.47 Å². The van der Waals surface area contributed by atoms with Crippen LogP contribution in [0.4, 0.5) is 4.79 Å². The van der Waals surface area contributed by atoms with E-state index < -0.39 is 67.6 Å². The Morgan fingerprint density at radius 1 is 0.963 bits per heavy atom. The molecule has 2 fully saturated rings. The van der Waals surface area contributed by atoms with Gasteiger partial charge < -0.3 is 25.0 Å². The van der Waals surface area contributed by atoms with Crippen LogP contribution < -0.4 is 10.6 Å². The Kier molecular flexibility index (Phi) is 13.9. The molecule has 2 aromatic rings. The number of likely N-dealkylation sites (tertiary alicyclic amines) is 1. The molecule has 0 bridgehead atoms. The summed E-state index contributed by atoms with van der Waals surface area (Å²) in [5.74, 6) is -2.50. The van der Waals surface area contributed by atoms with Crippen LogP contribution in [0.25, 0.3) is 11.1 Å². The molecule has 5 atom stereocenters. The lowest BCUT2D eigenvalue weighted by Gasteiger charge is -2.32. The van der Waals surface area contributed by atoms with E-state index in [0.29, 0.717) is 18.4 Å². The number of sulfone groups is 1. The maximum Gasteiger partial charge on any atom is 0.408 e. The maximum absolute atomic E-state index is 14.8. The first-order valence-corrected chi connectivity index (χ1v) is 20.6. The number of nitrogens with zero attached hydrogens (tertiary/aromatic N) is 1. The van der Waals surface area contributed by atoms with Crippen LogP contribution in [0.3, 0.4) is 0 Å². The number of hydrogen-bond acceptors (Lipinski definition) is 8. The standard InChI is InChI=1S/C42H57N3O8S/c1-8-12-13-14-18-21-34(43-39(49)53-40(5,6)7)37(47)45-29-41(54(50,51)26-9-2,33-24-22-31(23-25-33)30-19-16-15-17-20-30)28-35(45)36(46)44-42(27-32(42)10-3)38(48)52-11-4/h8,10,15-17,19-20,22-25,32,34-35H,1,3,9,11-14,18,21,26-29H2,2,4-7H3,(H,43,49)(H,44,46)/t32-,34+,35+,41+,42-/m1/s1. The van der Waals surface area contributed by atoms with Gasteiger partial charge in [0.05, 0.1) is 12.4 Å². The number of carbonyl (C=O) groups is 4. The van der Waals surface area contributed by atoms with Crippen LogP contribution in [0.1, 0.15) is 91.5 Å². The molecule has 1 aliphatic carbocycles. The number of hydrogen-bond donors (Lipinski definition) is 2. The van der Waals surface area contributed by atoms with Crippen molar-refractivity contribution in [3.05, 3.63) is 85.5 Å². The van der Waals surface area contributed by atoms with Gasteiger partial charge in [-0.15, -0.1) is 13.2 Å². The van der Waals surface area contributed by atoms with Crippen LogP contribution in [-0.2, 0) is 38.4 Å². The summed E-state index contributed by atoms with van der Waals surface area (Å²) >= 11 is 0. The first-order chi connectivity index (χ1) is 25.6. The van der Waals surface area contributed by atoms with Crippen molar-refractivity contribution in [2.45, 2.75) is 114 Å². The van der Waals surface area contributed by atoms with E-state index in [1.54, 1.807) is 52.8 Å². The van der Waals surface area contributed by atoms with Crippen LogP contribution in [0.15, 0.2) is 79.9 Å². The van der Waals surface area contributed by atoms with E-state index in [2.05, 4.69) is 23.8 Å². The molecule has 0 unspecified atom stereocenters. The number of alkyl carbamates (subject to hydrolysis) is 1. The Morgan fingerprint density at radius 2 is 1.63 bits per heavy atom. The normalized spacial score (nSPS) is 22.8. The number of amides is 3. The molecular weight excluding hydrogens is 707 g/mol. The number of nitrogens with one attached hydrogen (secondary N) is 2. The number of unbranched alkanes of at least 4 members (excludes halogenated alkanes) is 3. The van der Waals surface area contributed by atoms with E-state index in [-0.39, 0.29) is 38.2 Å². The Balaban J connectivity index is 1.81. The van der Waals surface area contributed by atoms with Gasteiger partial charge in [0.25, 0.3) is 0 Å². The molecule has 294 valence electrons. The summed E-state index contributed by atoms with van der Waals surface area (Å²) in [7, 11) is -4.01. The molecule has 12 heteroatoms. The minimum Gasteiger partial charge on any atom is -0.464 e. The summed E-state index contributed by atoms with van der Waals surface area (Å²) < 4.78 is 38.3. The summed E-state index contributed by atoms with van der Waals surface area (Å²) in [5, 5.41) is 5.59. The fraction of sp³-hybridized carbons (Fsp3) is 0.524. The van der Waals surface area contributed by atoms with Gasteiger partial charge in [-0.05, 0) is 76.5 Å². The van der Waals surface area contributed by atoms with Crippen LogP contribution in [-0.4, -0.2) is 79.3 Å². The van der Waals surface area contributed by atoms with Gasteiger partial charge in [0, 0.05) is 18.9 Å². The van der Waals surface area contributed by atoms with Gasteiger partial charge in [0.2, 0.25) is 11.8 Å². The van der Waals surface area contributed by atoms with Crippen molar-refractivity contribution in [1.82, 2.24) is 15.5 Å². The predicted octanol–water partition coefficient (Wildman–Crippen LogP) is 6.63. The fourth-order valence-electron chi connectivity index (χ4n) is 7.30. The minimum atomic E-state index is -4.01. The van der Waals surface area contributed by atoms with E-state index in [9.17, 15) is 27.6 Å². The highest BCUT2D eigenvalue weighted by Gasteiger charge is 2.63. The van der Waals surface area contributed by atoms with Gasteiger partial charge in [-0.25, -0.2) is 18.0 Å². The summed E-state index contributed by atoms with van der Waals surface area (Å²) in [4.78, 5) is 57.0. The molecule has 4 rings (SSSR count). The highest BCUT2D eigenvalue weighted by atomic mass is 32.2. The highest BCUT2D eigenvalue weighted by molar-refractivity contribution is 7.92. The molecule has 3 amide bonds. The summed E-state index contributed by atoms with van der Waals surface area (Å²) in [6, 6.07) is 14.4. The number of rotatable bonds is 18. The molecular formula is C42H57N3O8S. The van der Waals surface area contributed by atoms with E-state index in [1.165, 1.54) is 4.90 Å². The monoisotopic (exact) mass is 763 g/mol. The molecule has 2 aliphatic rings. The number of ether oxygens (including phenoxy) is 2. The van der Waals surface area contributed by atoms with E-state index in [1.807, 2.05) is 48.5 Å². The van der Waals surface area contributed by atoms with Crippen LogP contribution >= 0.6 is 0 Å². The van der Waals surface area contributed by atoms with Crippen molar-refractivity contribution in [3.8, 4) is 11.1 Å². The molecule has 1 aliphatic heterocycles. The Labute approximate surface area is 320 Å². The number of allylic oxidation sites excluding steroid dienone is 1. The average molecular weight is 764 g/mol. The van der Waals surface area contributed by atoms with Gasteiger partial charge in [0.15, 0.2) is 9.84 Å². The zero-order valence-corrected chi connectivity index (χ0v) is 33.2. The number of esters is 1. The predicted molar refractivity (Wildman–Crippen MR) is 210 cm³/mol. The second-order valence-corrected chi connectivity index (χ2v) is 17.7. The number of carbonyl (C=O) groups excluding carboxylic acids is 4. The molecule has 54 heavy (non-hydrogen) atoms. The molecule has 0 radical (unpaired) electrons. The van der Waals surface area contributed by atoms with Gasteiger partial charge in [-0.2, -0.15) is 0 Å². The Hall–Kier alpha value is -4.45. The molecule has 1 saturated heterocycles. The third-order valence-electron chi connectivity index (χ3n) is 10.2. The van der Waals surface area contributed by atoms with Crippen molar-refractivity contribution in [1.29, 1.82) is 0 Å². The molecule has 0 aromatic heterocycles. The zero-order chi connectivity index (χ0) is 39.7. The summed E-state index contributed by atoms with van der Waals surface area (Å²) in [6.45, 7) is 15.9. The Morgan fingerprint density at radius 3 is 2.20 bits per heavy atom. The third-order valence-corrected chi connectivity index (χ3v) is 12.8. The quantitative estimate of drug-likeness (QED) is 0.0978. The van der Waals surface area contributed by atoms with Gasteiger partial charge in [0.1, 0.15) is 28.0 Å². The minimum absolute atomic E-state index is 0.0938. The van der Waals surface area contributed by atoms with E-state index in [0.717, 1.165) is 30.4 Å². The molecule has 1 heterocycles. The lowest BCUT2D eigenvalue weighted by Crippen LogP contribution is -2.56. The molecule has 11 nitrogen and oxygen atoms in total. The summed E-state index contributed by atoms with van der Waals surface area (Å²) in [5.41, 5.74) is 0.0416. The van der Waals surface area contributed by atoms with Crippen LogP contribution in [0.2, 0.25) is 0 Å². The lowest BCUT2D eigenvalue weighted by molar-refractivity contribution is -0.150. The molecule has 0 spiro atoms. The molecule has 2 aromatic carbocycles. The average Bonchev–Trinajstić information content (AvgIpc) is 3.68. The first kappa shape index (κ1) is 42.3. The van der Waals surface area contributed by atoms with Crippen molar-refractivity contribution in [2.24, 2.45) is 5.92 Å². The topological polar surface area (TPSA) is 148 Å². The van der Waals surface area contributed by atoms with Crippen LogP contribution in [0, 0.1) is 5.92 Å². The SMILES string of the molecule is C=CCCCCC[C@H](NC(=O)OC(C)(C)C)C(=O)N1C[C@@](c2ccc(-c3ccccc3)cc2)(S(=O)(=O)CCC)C[C@H]1C(=O)N[C@]1(C(=O)OCC)C[C@H]1C=C. The fourth-order valence-corrected chi connectivity index (χ4v) is 9.47. The van der Waals surface area contributed by atoms with Crippen molar-refractivity contribution < 1.29 is 37.1 Å². The van der Waals surface area contributed by atoms with Crippen molar-refractivity contribution >= 4 is 33.7 Å². The highest BCUT2D eigenvalue weighted by Crippen LogP contribution is 2.48. The second-order valence-electron chi connectivity index (χ2n) is 15.3. The van der Waals surface area contributed by atoms with Crippen molar-refractivity contribution in [3.63, 3.8) is 0 Å². The van der Waals surface area contributed by atoms with Crippen LogP contribution in [0.5, 0.6) is 0 Å². The molecule has 2 N–H and O–H groups in total. The van der Waals surface area contributed by atoms with Crippen molar-refractivity contribution in [2.75, 3.05) is 18.9 Å². The number of benzene rings is 2. The largest absolute Gasteiger partial charge is 0.464 e. The zero-order valence-electron chi connectivity index (χ0n) is 32.4. The van der Waals surface area contributed by atoms with Gasteiger partial charge >= 0.3 is 12.1 Å². The lowest BCUT2D eigenvalue weighted by atomic mass is 9.93. The first-order valence-electron chi connectivity index (χ1n) is 19.0. The maximum atomic E-state index is 14.8. The van der Waals surface area contributed by atoms with Gasteiger partial charge in [-0.1, -0.05) is 86.5 Å².